The molecule has 0 radical (unpaired) electrons. The highest BCUT2D eigenvalue weighted by molar-refractivity contribution is 5.30. The van der Waals surface area contributed by atoms with Gasteiger partial charge in [0.25, 0.3) is 0 Å². The summed E-state index contributed by atoms with van der Waals surface area (Å²) in [7, 11) is 1.66. The summed E-state index contributed by atoms with van der Waals surface area (Å²) in [4.78, 5) is 1.53. The minimum atomic E-state index is -0.730. The Hall–Kier alpha value is -1.10. The number of nitrogens with one attached hydrogen (secondary N) is 1. The summed E-state index contributed by atoms with van der Waals surface area (Å²) in [5, 5.41) is 11.1. The molecule has 2 N–H and O–H groups in total. The van der Waals surface area contributed by atoms with Gasteiger partial charge in [0.2, 0.25) is 0 Å². The maximum atomic E-state index is 11.1. The molecule has 1 saturated heterocycles. The van der Waals surface area contributed by atoms with Crippen LogP contribution in [0.3, 0.4) is 0 Å². The van der Waals surface area contributed by atoms with Crippen LogP contribution < -0.4 is 9.64 Å². The Morgan fingerprint density at radius 1 is 1.19 bits per heavy atom. The van der Waals surface area contributed by atoms with Gasteiger partial charge in [0.05, 0.1) is 32.5 Å². The van der Waals surface area contributed by atoms with Crippen molar-refractivity contribution in [3.63, 3.8) is 0 Å². The molecule has 1 aliphatic heterocycles. The summed E-state index contributed by atoms with van der Waals surface area (Å²) in [6, 6.07) is 7.83. The molecular weight excluding hydrogens is 266 g/mol. The first kappa shape index (κ1) is 16.3. The van der Waals surface area contributed by atoms with Crippen molar-refractivity contribution in [3.05, 3.63) is 29.8 Å². The van der Waals surface area contributed by atoms with Crippen LogP contribution in [0.4, 0.5) is 0 Å². The smallest absolute Gasteiger partial charge is 0.118 e. The van der Waals surface area contributed by atoms with E-state index in [1.54, 1.807) is 7.11 Å². The lowest BCUT2D eigenvalue weighted by atomic mass is 9.86. The molecule has 0 amide bonds. The number of hydrogen-bond donors (Lipinski definition) is 2. The van der Waals surface area contributed by atoms with E-state index < -0.39 is 5.60 Å². The summed E-state index contributed by atoms with van der Waals surface area (Å²) in [6.07, 6.45) is 2.56. The summed E-state index contributed by atoms with van der Waals surface area (Å²) in [5.41, 5.74) is 0.268. The molecule has 1 aliphatic rings. The molecule has 4 nitrogen and oxygen atoms in total. The second-order valence-electron chi connectivity index (χ2n) is 5.87. The van der Waals surface area contributed by atoms with Crippen LogP contribution in [0.1, 0.15) is 31.7 Å². The van der Waals surface area contributed by atoms with Gasteiger partial charge in [-0.05, 0) is 24.1 Å². The van der Waals surface area contributed by atoms with Gasteiger partial charge in [-0.25, -0.2) is 0 Å². The van der Waals surface area contributed by atoms with Crippen molar-refractivity contribution in [1.29, 1.82) is 0 Å². The van der Waals surface area contributed by atoms with Gasteiger partial charge >= 0.3 is 0 Å². The Labute approximate surface area is 127 Å². The van der Waals surface area contributed by atoms with Crippen LogP contribution in [0, 0.1) is 0 Å². The Bertz CT molecular complexity index is 415. The van der Waals surface area contributed by atoms with E-state index in [-0.39, 0.29) is 0 Å². The van der Waals surface area contributed by atoms with Gasteiger partial charge in [-0.3, -0.25) is 0 Å². The molecule has 0 spiro atoms. The largest absolute Gasteiger partial charge is 0.497 e. The van der Waals surface area contributed by atoms with Gasteiger partial charge < -0.3 is 19.5 Å². The summed E-state index contributed by atoms with van der Waals surface area (Å²) >= 11 is 0. The maximum absolute atomic E-state index is 11.1. The minimum Gasteiger partial charge on any atom is -0.497 e. The van der Waals surface area contributed by atoms with Crippen molar-refractivity contribution in [2.45, 2.75) is 31.8 Å². The zero-order chi connectivity index (χ0) is 15.1. The molecule has 118 valence electrons. The molecule has 4 heteroatoms. The van der Waals surface area contributed by atoms with Crippen LogP contribution in [0.25, 0.3) is 0 Å². The number of methoxy groups -OCH3 is 1. The molecule has 1 fully saturated rings. The van der Waals surface area contributed by atoms with E-state index in [9.17, 15) is 5.11 Å². The minimum absolute atomic E-state index is 0.730. The fraction of sp³-hybridized carbons (Fsp3) is 0.647. The molecule has 1 atom stereocenters. The van der Waals surface area contributed by atoms with E-state index in [1.807, 2.05) is 24.3 Å². The average molecular weight is 294 g/mol. The van der Waals surface area contributed by atoms with Gasteiger partial charge in [0.1, 0.15) is 18.8 Å². The highest BCUT2D eigenvalue weighted by Gasteiger charge is 2.30. The van der Waals surface area contributed by atoms with Gasteiger partial charge in [-0.1, -0.05) is 25.5 Å². The molecule has 21 heavy (non-hydrogen) atoms. The number of rotatable bonds is 7. The van der Waals surface area contributed by atoms with Crippen molar-refractivity contribution >= 4 is 0 Å². The molecule has 0 bridgehead atoms. The molecule has 2 rings (SSSR count). The van der Waals surface area contributed by atoms with Crippen molar-refractivity contribution in [2.24, 2.45) is 0 Å². The van der Waals surface area contributed by atoms with Crippen LogP contribution in [-0.2, 0) is 10.3 Å². The Balaban J connectivity index is 2.02. The molecule has 0 aromatic heterocycles. The molecular formula is C17H28NO3+. The van der Waals surface area contributed by atoms with Gasteiger partial charge in [0.15, 0.2) is 0 Å². The fourth-order valence-corrected chi connectivity index (χ4v) is 3.02. The van der Waals surface area contributed by atoms with Crippen LogP contribution in [-0.4, -0.2) is 45.1 Å². The topological polar surface area (TPSA) is 43.1 Å². The van der Waals surface area contributed by atoms with Crippen LogP contribution in [0.2, 0.25) is 0 Å². The van der Waals surface area contributed by atoms with E-state index in [4.69, 9.17) is 9.47 Å². The van der Waals surface area contributed by atoms with Gasteiger partial charge in [-0.2, -0.15) is 0 Å². The first-order chi connectivity index (χ1) is 10.2. The second-order valence-corrected chi connectivity index (χ2v) is 5.87. The lowest BCUT2D eigenvalue weighted by Gasteiger charge is -2.31. The van der Waals surface area contributed by atoms with E-state index in [2.05, 4.69) is 6.92 Å². The SMILES string of the molecule is CCCC(O)(CC[NH+]1CCOCC1)c1ccc(OC)cc1. The maximum Gasteiger partial charge on any atom is 0.118 e. The Morgan fingerprint density at radius 2 is 1.86 bits per heavy atom. The van der Waals surface area contributed by atoms with Gasteiger partial charge in [-0.15, -0.1) is 0 Å². The third-order valence-electron chi connectivity index (χ3n) is 4.38. The summed E-state index contributed by atoms with van der Waals surface area (Å²) in [5.74, 6) is 0.830. The van der Waals surface area contributed by atoms with Crippen molar-refractivity contribution in [2.75, 3.05) is 40.0 Å². The second kappa shape index (κ2) is 7.78. The predicted molar refractivity (Wildman–Crippen MR) is 82.8 cm³/mol. The molecule has 0 saturated carbocycles. The fourth-order valence-electron chi connectivity index (χ4n) is 3.02. The number of hydrogen-bond acceptors (Lipinski definition) is 3. The number of aliphatic hydroxyl groups is 1. The van der Waals surface area contributed by atoms with Gasteiger partial charge in [0, 0.05) is 6.42 Å². The Morgan fingerprint density at radius 3 is 2.43 bits per heavy atom. The van der Waals surface area contributed by atoms with Crippen molar-refractivity contribution < 1.29 is 19.5 Å². The first-order valence-corrected chi connectivity index (χ1v) is 7.96. The first-order valence-electron chi connectivity index (χ1n) is 7.96. The summed E-state index contributed by atoms with van der Waals surface area (Å²) in [6.45, 7) is 6.88. The normalized spacial score (nSPS) is 19.2. The molecule has 0 aliphatic carbocycles. The zero-order valence-electron chi connectivity index (χ0n) is 13.2. The molecule has 1 heterocycles. The van der Waals surface area contributed by atoms with Crippen LogP contribution >= 0.6 is 0 Å². The average Bonchev–Trinajstić information content (AvgIpc) is 2.54. The van der Waals surface area contributed by atoms with E-state index in [0.717, 1.165) is 63.4 Å². The molecule has 1 unspecified atom stereocenters. The quantitative estimate of drug-likeness (QED) is 0.788. The molecule has 1 aromatic carbocycles. The number of quaternary nitrogens is 1. The highest BCUT2D eigenvalue weighted by Crippen LogP contribution is 2.30. The number of morpholine rings is 1. The van der Waals surface area contributed by atoms with E-state index in [0.29, 0.717) is 0 Å². The van der Waals surface area contributed by atoms with Crippen molar-refractivity contribution in [3.8, 4) is 5.75 Å². The number of ether oxygens (including phenoxy) is 2. The number of benzene rings is 1. The van der Waals surface area contributed by atoms with E-state index in [1.165, 1.54) is 4.90 Å². The lowest BCUT2D eigenvalue weighted by Crippen LogP contribution is -3.14. The highest BCUT2D eigenvalue weighted by atomic mass is 16.5. The van der Waals surface area contributed by atoms with Crippen LogP contribution in [0.15, 0.2) is 24.3 Å². The van der Waals surface area contributed by atoms with E-state index >= 15 is 0 Å². The van der Waals surface area contributed by atoms with Crippen molar-refractivity contribution in [1.82, 2.24) is 0 Å². The standard InChI is InChI=1S/C17H27NO3/c1-3-8-17(19,9-10-18-11-13-21-14-12-18)15-4-6-16(20-2)7-5-15/h4-7,19H,3,8-14H2,1-2H3/p+1. The monoisotopic (exact) mass is 294 g/mol. The Kier molecular flexibility index (Phi) is 6.03. The third-order valence-corrected chi connectivity index (χ3v) is 4.38. The zero-order valence-corrected chi connectivity index (χ0v) is 13.2. The predicted octanol–water partition coefficient (Wildman–Crippen LogP) is 0.988. The van der Waals surface area contributed by atoms with Crippen LogP contribution in [0.5, 0.6) is 5.75 Å². The molecule has 1 aromatic rings. The lowest BCUT2D eigenvalue weighted by molar-refractivity contribution is -0.909. The third kappa shape index (κ3) is 4.43. The summed E-state index contributed by atoms with van der Waals surface area (Å²) < 4.78 is 10.6.